The number of likely N-dealkylation sites (N-methyl/N-ethyl adjacent to an activating group) is 1. The average molecular weight is 371 g/mol. The summed E-state index contributed by atoms with van der Waals surface area (Å²) in [6.07, 6.45) is 7.90. The van der Waals surface area contributed by atoms with E-state index in [2.05, 4.69) is 23.1 Å². The quantitative estimate of drug-likeness (QED) is 0.772. The first-order chi connectivity index (χ1) is 13.0. The van der Waals surface area contributed by atoms with Crippen LogP contribution in [0.5, 0.6) is 0 Å². The second-order valence-corrected chi connectivity index (χ2v) is 7.36. The van der Waals surface area contributed by atoms with Gasteiger partial charge < -0.3 is 9.47 Å². The molecule has 1 fully saturated rings. The van der Waals surface area contributed by atoms with Crippen molar-refractivity contribution in [3.05, 3.63) is 52.7 Å². The maximum atomic E-state index is 12.7. The lowest BCUT2D eigenvalue weighted by Crippen LogP contribution is -2.44. The van der Waals surface area contributed by atoms with Crippen molar-refractivity contribution in [3.63, 3.8) is 0 Å². The molecule has 3 rings (SSSR count). The highest BCUT2D eigenvalue weighted by molar-refractivity contribution is 5.75. The van der Waals surface area contributed by atoms with Crippen LogP contribution in [-0.4, -0.2) is 56.7 Å². The van der Waals surface area contributed by atoms with E-state index in [-0.39, 0.29) is 24.1 Å². The maximum absolute atomic E-state index is 12.7. The molecule has 0 unspecified atom stereocenters. The SMILES string of the molecule is CCN1CCC[C@@H](CN(C)C(=O)Cn2ccccc2=O)[C@@H]1c1cnn(C)c1. The molecule has 1 aliphatic heterocycles. The second-order valence-electron chi connectivity index (χ2n) is 7.36. The van der Waals surface area contributed by atoms with Gasteiger partial charge in [0.25, 0.3) is 5.56 Å². The van der Waals surface area contributed by atoms with Gasteiger partial charge in [0.2, 0.25) is 5.91 Å². The number of carbonyl (C=O) groups is 1. The van der Waals surface area contributed by atoms with Gasteiger partial charge in [-0.25, -0.2) is 0 Å². The summed E-state index contributed by atoms with van der Waals surface area (Å²) in [7, 11) is 3.77. The van der Waals surface area contributed by atoms with E-state index in [4.69, 9.17) is 0 Å². The number of rotatable bonds is 6. The second kappa shape index (κ2) is 8.52. The van der Waals surface area contributed by atoms with Crippen LogP contribution in [0.4, 0.5) is 0 Å². The Balaban J connectivity index is 1.72. The summed E-state index contributed by atoms with van der Waals surface area (Å²) in [5.41, 5.74) is 1.06. The van der Waals surface area contributed by atoms with Gasteiger partial charge >= 0.3 is 0 Å². The Labute approximate surface area is 160 Å². The summed E-state index contributed by atoms with van der Waals surface area (Å²) in [5.74, 6) is 0.311. The Kier molecular flexibility index (Phi) is 6.11. The van der Waals surface area contributed by atoms with Crippen LogP contribution in [0.2, 0.25) is 0 Å². The van der Waals surface area contributed by atoms with E-state index in [9.17, 15) is 9.59 Å². The van der Waals surface area contributed by atoms with Gasteiger partial charge in [-0.05, 0) is 37.9 Å². The Hall–Kier alpha value is -2.41. The molecule has 2 aromatic rings. The van der Waals surface area contributed by atoms with E-state index in [1.54, 1.807) is 23.2 Å². The molecule has 146 valence electrons. The first-order valence-electron chi connectivity index (χ1n) is 9.61. The molecular formula is C20H29N5O2. The maximum Gasteiger partial charge on any atom is 0.250 e. The lowest BCUT2D eigenvalue weighted by atomic mass is 9.85. The molecule has 7 nitrogen and oxygen atoms in total. The van der Waals surface area contributed by atoms with Crippen LogP contribution in [0.1, 0.15) is 31.4 Å². The van der Waals surface area contributed by atoms with Crippen molar-refractivity contribution in [2.75, 3.05) is 26.7 Å². The van der Waals surface area contributed by atoms with Crippen molar-refractivity contribution in [2.24, 2.45) is 13.0 Å². The van der Waals surface area contributed by atoms with Crippen molar-refractivity contribution in [3.8, 4) is 0 Å². The van der Waals surface area contributed by atoms with Crippen molar-refractivity contribution >= 4 is 5.91 Å². The standard InChI is InChI=1S/C20H29N5O2/c1-4-24-11-7-8-16(20(24)17-12-21-23(3)14-17)13-22(2)19(27)15-25-10-6-5-9-18(25)26/h5-6,9-10,12,14,16,20H,4,7-8,11,13,15H2,1-3H3/t16-,20+/m0/s1. The number of amides is 1. The van der Waals surface area contributed by atoms with Crippen molar-refractivity contribution in [2.45, 2.75) is 32.4 Å². The van der Waals surface area contributed by atoms with Gasteiger partial charge in [0.15, 0.2) is 0 Å². The van der Waals surface area contributed by atoms with Crippen LogP contribution in [0.25, 0.3) is 0 Å². The monoisotopic (exact) mass is 371 g/mol. The fraction of sp³-hybridized carbons (Fsp3) is 0.550. The van der Waals surface area contributed by atoms with E-state index in [1.165, 1.54) is 16.2 Å². The Morgan fingerprint density at radius 1 is 1.37 bits per heavy atom. The van der Waals surface area contributed by atoms with E-state index >= 15 is 0 Å². The van der Waals surface area contributed by atoms with E-state index in [0.29, 0.717) is 12.5 Å². The lowest BCUT2D eigenvalue weighted by Gasteiger charge is -2.42. The number of aromatic nitrogens is 3. The molecule has 2 atom stereocenters. The molecule has 0 radical (unpaired) electrons. The third-order valence-corrected chi connectivity index (χ3v) is 5.47. The Bertz CT molecular complexity index is 828. The van der Waals surface area contributed by atoms with Gasteiger partial charge in [-0.1, -0.05) is 13.0 Å². The molecule has 0 saturated carbocycles. The zero-order valence-electron chi connectivity index (χ0n) is 16.4. The third-order valence-electron chi connectivity index (χ3n) is 5.47. The predicted octanol–water partition coefficient (Wildman–Crippen LogP) is 1.51. The molecule has 0 aliphatic carbocycles. The fourth-order valence-corrected chi connectivity index (χ4v) is 4.08. The van der Waals surface area contributed by atoms with Crippen LogP contribution >= 0.6 is 0 Å². The first-order valence-corrected chi connectivity index (χ1v) is 9.61. The first kappa shape index (κ1) is 19.4. The highest BCUT2D eigenvalue weighted by atomic mass is 16.2. The number of carbonyl (C=O) groups excluding carboxylic acids is 1. The molecule has 2 aromatic heterocycles. The average Bonchev–Trinajstić information content (AvgIpc) is 3.09. The number of likely N-dealkylation sites (tertiary alicyclic amines) is 1. The smallest absolute Gasteiger partial charge is 0.250 e. The summed E-state index contributed by atoms with van der Waals surface area (Å²) >= 11 is 0. The van der Waals surface area contributed by atoms with Gasteiger partial charge in [-0.15, -0.1) is 0 Å². The lowest BCUT2D eigenvalue weighted by molar-refractivity contribution is -0.131. The highest BCUT2D eigenvalue weighted by Gasteiger charge is 2.33. The number of pyridine rings is 1. The summed E-state index contributed by atoms with van der Waals surface area (Å²) in [6, 6.07) is 5.21. The molecule has 0 bridgehead atoms. The van der Waals surface area contributed by atoms with Crippen molar-refractivity contribution in [1.29, 1.82) is 0 Å². The molecule has 0 aromatic carbocycles. The molecular weight excluding hydrogens is 342 g/mol. The number of hydrogen-bond donors (Lipinski definition) is 0. The molecule has 3 heterocycles. The summed E-state index contributed by atoms with van der Waals surface area (Å²) in [6.45, 7) is 4.99. The van der Waals surface area contributed by atoms with Gasteiger partial charge in [0, 0.05) is 50.7 Å². The van der Waals surface area contributed by atoms with E-state index in [1.807, 2.05) is 25.0 Å². The van der Waals surface area contributed by atoms with Gasteiger partial charge in [0.1, 0.15) is 6.54 Å². The van der Waals surface area contributed by atoms with E-state index in [0.717, 1.165) is 25.9 Å². The van der Waals surface area contributed by atoms with Gasteiger partial charge in [-0.2, -0.15) is 5.10 Å². The molecule has 1 amide bonds. The minimum absolute atomic E-state index is 0.0399. The van der Waals surface area contributed by atoms with Crippen LogP contribution in [0, 0.1) is 5.92 Å². The zero-order chi connectivity index (χ0) is 19.4. The normalized spacial score (nSPS) is 20.6. The number of nitrogens with zero attached hydrogens (tertiary/aromatic N) is 5. The molecule has 27 heavy (non-hydrogen) atoms. The number of piperidine rings is 1. The summed E-state index contributed by atoms with van der Waals surface area (Å²) < 4.78 is 3.29. The zero-order valence-corrected chi connectivity index (χ0v) is 16.4. The van der Waals surface area contributed by atoms with Crippen LogP contribution < -0.4 is 5.56 Å². The topological polar surface area (TPSA) is 63.4 Å². The molecule has 1 saturated heterocycles. The Morgan fingerprint density at radius 2 is 2.19 bits per heavy atom. The minimum atomic E-state index is -0.151. The van der Waals surface area contributed by atoms with E-state index < -0.39 is 0 Å². The fourth-order valence-electron chi connectivity index (χ4n) is 4.08. The third kappa shape index (κ3) is 4.47. The highest BCUT2D eigenvalue weighted by Crippen LogP contribution is 2.36. The number of hydrogen-bond acceptors (Lipinski definition) is 4. The van der Waals surface area contributed by atoms with Gasteiger partial charge in [-0.3, -0.25) is 19.2 Å². The minimum Gasteiger partial charge on any atom is -0.344 e. The van der Waals surface area contributed by atoms with Crippen LogP contribution in [0.3, 0.4) is 0 Å². The predicted molar refractivity (Wildman–Crippen MR) is 104 cm³/mol. The number of aryl methyl sites for hydroxylation is 1. The largest absolute Gasteiger partial charge is 0.344 e. The van der Waals surface area contributed by atoms with Crippen LogP contribution in [0.15, 0.2) is 41.6 Å². The van der Waals surface area contributed by atoms with Gasteiger partial charge in [0.05, 0.1) is 6.20 Å². The van der Waals surface area contributed by atoms with Crippen molar-refractivity contribution in [1.82, 2.24) is 24.1 Å². The molecule has 0 N–H and O–H groups in total. The molecule has 1 aliphatic rings. The van der Waals surface area contributed by atoms with Crippen molar-refractivity contribution < 1.29 is 4.79 Å². The summed E-state index contributed by atoms with van der Waals surface area (Å²) in [5, 5.41) is 4.35. The molecule has 0 spiro atoms. The van der Waals surface area contributed by atoms with Crippen LogP contribution in [-0.2, 0) is 18.4 Å². The Morgan fingerprint density at radius 3 is 2.85 bits per heavy atom. The summed E-state index contributed by atoms with van der Waals surface area (Å²) in [4.78, 5) is 28.8. The molecule has 7 heteroatoms.